The van der Waals surface area contributed by atoms with Gasteiger partial charge in [-0.05, 0) is 42.2 Å². The average molecular weight is 256 g/mol. The van der Waals surface area contributed by atoms with Crippen LogP contribution in [0.4, 0.5) is 5.69 Å². The van der Waals surface area contributed by atoms with Crippen molar-refractivity contribution in [2.24, 2.45) is 7.05 Å². The molecule has 0 radical (unpaired) electrons. The summed E-state index contributed by atoms with van der Waals surface area (Å²) in [6.45, 7) is 0. The first-order valence-electron chi connectivity index (χ1n) is 6.38. The van der Waals surface area contributed by atoms with Crippen molar-refractivity contribution in [2.45, 2.75) is 18.9 Å². The van der Waals surface area contributed by atoms with E-state index in [2.05, 4.69) is 5.32 Å². The van der Waals surface area contributed by atoms with Crippen LogP contribution in [0, 0.1) is 0 Å². The van der Waals surface area contributed by atoms with Crippen LogP contribution in [0.2, 0.25) is 0 Å². The molecule has 0 aliphatic heterocycles. The fourth-order valence-corrected chi connectivity index (χ4v) is 2.63. The predicted octanol–water partition coefficient (Wildman–Crippen LogP) is 2.19. The fourth-order valence-electron chi connectivity index (χ4n) is 2.63. The number of hydrogen-bond acceptors (Lipinski definition) is 3. The quantitative estimate of drug-likeness (QED) is 0.866. The number of nitrogens with zero attached hydrogens (tertiary/aromatic N) is 1. The fraction of sp³-hybridized carbons (Fsp3) is 0.267. The molecule has 98 valence electrons. The van der Waals surface area contributed by atoms with E-state index in [-0.39, 0.29) is 11.6 Å². The highest BCUT2D eigenvalue weighted by atomic mass is 16.3. The Balaban J connectivity index is 1.86. The summed E-state index contributed by atoms with van der Waals surface area (Å²) < 4.78 is 1.56. The number of benzene rings is 1. The SMILES string of the molecule is Cn1cc(NC2CCc3cc(O)ccc32)ccc1=O. The van der Waals surface area contributed by atoms with Gasteiger partial charge >= 0.3 is 0 Å². The van der Waals surface area contributed by atoms with Crippen LogP contribution >= 0.6 is 0 Å². The number of rotatable bonds is 2. The molecule has 1 aliphatic rings. The third-order valence-electron chi connectivity index (χ3n) is 3.63. The van der Waals surface area contributed by atoms with E-state index in [1.807, 2.05) is 12.1 Å². The van der Waals surface area contributed by atoms with Crippen LogP contribution < -0.4 is 10.9 Å². The second kappa shape index (κ2) is 4.46. The van der Waals surface area contributed by atoms with Gasteiger partial charge in [0.25, 0.3) is 0 Å². The van der Waals surface area contributed by atoms with Crippen LogP contribution in [-0.2, 0) is 13.5 Å². The number of aromatic nitrogens is 1. The highest BCUT2D eigenvalue weighted by Gasteiger charge is 2.22. The van der Waals surface area contributed by atoms with Crippen LogP contribution in [0.5, 0.6) is 5.75 Å². The number of aromatic hydroxyl groups is 1. The molecular formula is C15H16N2O2. The number of pyridine rings is 1. The van der Waals surface area contributed by atoms with Gasteiger partial charge in [0.15, 0.2) is 0 Å². The molecule has 0 bridgehead atoms. The molecule has 1 aliphatic carbocycles. The van der Waals surface area contributed by atoms with Crippen molar-refractivity contribution in [2.75, 3.05) is 5.32 Å². The standard InChI is InChI=1S/C15H16N2O2/c1-17-9-11(3-7-15(17)19)16-14-6-2-10-8-12(18)4-5-13(10)14/h3-5,7-9,14,16,18H,2,6H2,1H3. The van der Waals surface area contributed by atoms with Crippen LogP contribution in [0.25, 0.3) is 0 Å². The van der Waals surface area contributed by atoms with Crippen molar-refractivity contribution in [3.05, 3.63) is 58.0 Å². The van der Waals surface area contributed by atoms with Crippen molar-refractivity contribution in [3.63, 3.8) is 0 Å². The summed E-state index contributed by atoms with van der Waals surface area (Å²) in [6, 6.07) is 9.14. The molecule has 19 heavy (non-hydrogen) atoms. The van der Waals surface area contributed by atoms with Crippen molar-refractivity contribution in [1.82, 2.24) is 4.57 Å². The highest BCUT2D eigenvalue weighted by molar-refractivity contribution is 5.48. The lowest BCUT2D eigenvalue weighted by Crippen LogP contribution is -2.16. The topological polar surface area (TPSA) is 54.3 Å². The summed E-state index contributed by atoms with van der Waals surface area (Å²) in [6.07, 6.45) is 3.77. The van der Waals surface area contributed by atoms with E-state index in [0.29, 0.717) is 5.75 Å². The van der Waals surface area contributed by atoms with E-state index < -0.39 is 0 Å². The average Bonchev–Trinajstić information content (AvgIpc) is 2.76. The molecule has 0 saturated heterocycles. The molecular weight excluding hydrogens is 240 g/mol. The van der Waals surface area contributed by atoms with Gasteiger partial charge in [-0.25, -0.2) is 0 Å². The van der Waals surface area contributed by atoms with Gasteiger partial charge in [-0.3, -0.25) is 4.79 Å². The summed E-state index contributed by atoms with van der Waals surface area (Å²) in [5, 5.41) is 12.9. The van der Waals surface area contributed by atoms with E-state index in [0.717, 1.165) is 18.5 Å². The summed E-state index contributed by atoms with van der Waals surface area (Å²) >= 11 is 0. The minimum Gasteiger partial charge on any atom is -0.508 e. The van der Waals surface area contributed by atoms with Crippen molar-refractivity contribution in [1.29, 1.82) is 0 Å². The number of phenolic OH excluding ortho intramolecular Hbond substituents is 1. The van der Waals surface area contributed by atoms with Gasteiger partial charge in [0.2, 0.25) is 5.56 Å². The van der Waals surface area contributed by atoms with Crippen molar-refractivity contribution >= 4 is 5.69 Å². The zero-order chi connectivity index (χ0) is 13.4. The maximum Gasteiger partial charge on any atom is 0.250 e. The summed E-state index contributed by atoms with van der Waals surface area (Å²) in [5.41, 5.74) is 3.35. The van der Waals surface area contributed by atoms with Crippen LogP contribution in [0.1, 0.15) is 23.6 Å². The third kappa shape index (κ3) is 2.21. The summed E-state index contributed by atoms with van der Waals surface area (Å²) in [7, 11) is 1.74. The van der Waals surface area contributed by atoms with Gasteiger partial charge in [0, 0.05) is 19.3 Å². The summed E-state index contributed by atoms with van der Waals surface area (Å²) in [5.74, 6) is 0.321. The molecule has 3 rings (SSSR count). The van der Waals surface area contributed by atoms with Crippen LogP contribution in [0.15, 0.2) is 41.3 Å². The molecule has 1 aromatic heterocycles. The number of fused-ring (bicyclic) bond motifs is 1. The molecule has 1 unspecified atom stereocenters. The predicted molar refractivity (Wildman–Crippen MR) is 74.5 cm³/mol. The lowest BCUT2D eigenvalue weighted by molar-refractivity contribution is 0.474. The van der Waals surface area contributed by atoms with Gasteiger partial charge in [0.1, 0.15) is 5.75 Å². The number of nitrogens with one attached hydrogen (secondary N) is 1. The van der Waals surface area contributed by atoms with Crippen LogP contribution in [-0.4, -0.2) is 9.67 Å². The zero-order valence-electron chi connectivity index (χ0n) is 10.8. The Morgan fingerprint density at radius 1 is 1.32 bits per heavy atom. The largest absolute Gasteiger partial charge is 0.508 e. The van der Waals surface area contributed by atoms with Gasteiger partial charge < -0.3 is 15.0 Å². The lowest BCUT2D eigenvalue weighted by atomic mass is 10.1. The van der Waals surface area contributed by atoms with Gasteiger partial charge in [-0.15, -0.1) is 0 Å². The van der Waals surface area contributed by atoms with Crippen LogP contribution in [0.3, 0.4) is 0 Å². The van der Waals surface area contributed by atoms with E-state index in [9.17, 15) is 9.90 Å². The normalized spacial score (nSPS) is 17.2. The molecule has 4 heteroatoms. The van der Waals surface area contributed by atoms with Crippen molar-refractivity contribution in [3.8, 4) is 5.75 Å². The van der Waals surface area contributed by atoms with Crippen molar-refractivity contribution < 1.29 is 5.11 Å². The number of phenols is 1. The smallest absolute Gasteiger partial charge is 0.250 e. The van der Waals surface area contributed by atoms with E-state index in [1.54, 1.807) is 36.0 Å². The molecule has 4 nitrogen and oxygen atoms in total. The van der Waals surface area contributed by atoms with E-state index in [4.69, 9.17) is 0 Å². The molecule has 0 spiro atoms. The van der Waals surface area contributed by atoms with E-state index in [1.165, 1.54) is 11.1 Å². The summed E-state index contributed by atoms with van der Waals surface area (Å²) in [4.78, 5) is 11.4. The Morgan fingerprint density at radius 3 is 2.95 bits per heavy atom. The zero-order valence-corrected chi connectivity index (χ0v) is 10.8. The van der Waals surface area contributed by atoms with Gasteiger partial charge in [-0.2, -0.15) is 0 Å². The number of anilines is 1. The first-order chi connectivity index (χ1) is 9.13. The minimum absolute atomic E-state index is 0.0118. The Labute approximate surface area is 111 Å². The Morgan fingerprint density at radius 2 is 2.16 bits per heavy atom. The highest BCUT2D eigenvalue weighted by Crippen LogP contribution is 2.35. The first kappa shape index (κ1) is 11.8. The maximum absolute atomic E-state index is 11.4. The Bertz CT molecular complexity index is 676. The van der Waals surface area contributed by atoms with Gasteiger partial charge in [0.05, 0.1) is 11.7 Å². The molecule has 2 aromatic rings. The number of hydrogen-bond donors (Lipinski definition) is 2. The molecule has 1 heterocycles. The molecule has 0 fully saturated rings. The molecule has 0 saturated carbocycles. The first-order valence-corrected chi connectivity index (χ1v) is 6.38. The maximum atomic E-state index is 11.4. The monoisotopic (exact) mass is 256 g/mol. The molecule has 1 aromatic carbocycles. The molecule has 2 N–H and O–H groups in total. The molecule has 1 atom stereocenters. The second-order valence-electron chi connectivity index (χ2n) is 4.99. The second-order valence-corrected chi connectivity index (χ2v) is 4.99. The molecule has 0 amide bonds. The minimum atomic E-state index is -0.0118. The van der Waals surface area contributed by atoms with E-state index >= 15 is 0 Å². The third-order valence-corrected chi connectivity index (χ3v) is 3.63. The number of aryl methyl sites for hydroxylation is 2. The van der Waals surface area contributed by atoms with Gasteiger partial charge in [-0.1, -0.05) is 6.07 Å². The Kier molecular flexibility index (Phi) is 2.78. The Hall–Kier alpha value is -2.23. The lowest BCUT2D eigenvalue weighted by Gasteiger charge is -2.16.